The largest absolute Gasteiger partial charge is 0.356 e. The molecule has 6 heteroatoms. The lowest BCUT2D eigenvalue weighted by molar-refractivity contribution is 0.445. The maximum Gasteiger partial charge on any atom is 0.243 e. The van der Waals surface area contributed by atoms with Gasteiger partial charge in [-0.25, -0.2) is 8.42 Å². The molecule has 0 aliphatic carbocycles. The quantitative estimate of drug-likeness (QED) is 0.813. The summed E-state index contributed by atoms with van der Waals surface area (Å²) in [7, 11) is -3.40. The first-order chi connectivity index (χ1) is 10.5. The number of nitrogens with one attached hydrogen (secondary N) is 1. The lowest BCUT2D eigenvalue weighted by Crippen LogP contribution is -2.30. The molecular weight excluding hydrogens is 364 g/mol. The van der Waals surface area contributed by atoms with Gasteiger partial charge in [0.1, 0.15) is 0 Å². The monoisotopic (exact) mass is 382 g/mol. The summed E-state index contributed by atoms with van der Waals surface area (Å²) in [5, 5.41) is 3.24. The van der Waals surface area contributed by atoms with Crippen molar-refractivity contribution in [3.63, 3.8) is 0 Å². The lowest BCUT2D eigenvalue weighted by Gasteiger charge is -2.18. The zero-order valence-electron chi connectivity index (χ0n) is 12.6. The molecule has 0 aromatic heterocycles. The highest BCUT2D eigenvalue weighted by molar-refractivity contribution is 9.10. The third-order valence-electron chi connectivity index (χ3n) is 3.33. The fraction of sp³-hybridized carbons (Fsp3) is 0.250. The predicted molar refractivity (Wildman–Crippen MR) is 94.0 cm³/mol. The maximum absolute atomic E-state index is 12.4. The van der Waals surface area contributed by atoms with Crippen molar-refractivity contribution in [2.75, 3.05) is 18.4 Å². The molecule has 2 aromatic carbocycles. The van der Waals surface area contributed by atoms with Gasteiger partial charge in [0.25, 0.3) is 0 Å². The molecule has 0 saturated heterocycles. The number of benzene rings is 2. The summed E-state index contributed by atoms with van der Waals surface area (Å²) in [5.41, 5.74) is 1.79. The molecule has 0 heterocycles. The van der Waals surface area contributed by atoms with E-state index >= 15 is 0 Å². The molecule has 0 aliphatic rings. The molecule has 0 amide bonds. The Morgan fingerprint density at radius 3 is 1.82 bits per heavy atom. The number of nitrogens with zero attached hydrogens (tertiary/aromatic N) is 1. The first kappa shape index (κ1) is 17.0. The van der Waals surface area contributed by atoms with Gasteiger partial charge in [0, 0.05) is 28.9 Å². The van der Waals surface area contributed by atoms with Gasteiger partial charge in [-0.1, -0.05) is 29.8 Å². The molecule has 4 nitrogen and oxygen atoms in total. The van der Waals surface area contributed by atoms with Crippen molar-refractivity contribution in [1.82, 2.24) is 4.31 Å². The van der Waals surface area contributed by atoms with Crippen LogP contribution in [0.5, 0.6) is 0 Å². The van der Waals surface area contributed by atoms with Crippen LogP contribution in [-0.2, 0) is 10.0 Å². The van der Waals surface area contributed by atoms with E-state index in [1.54, 1.807) is 24.3 Å². The van der Waals surface area contributed by atoms with E-state index < -0.39 is 10.0 Å². The fourth-order valence-corrected chi connectivity index (χ4v) is 3.85. The van der Waals surface area contributed by atoms with Crippen LogP contribution in [0.4, 0.5) is 11.4 Å². The normalized spacial score (nSPS) is 11.6. The second-order valence-electron chi connectivity index (χ2n) is 4.75. The number of rotatable bonds is 6. The van der Waals surface area contributed by atoms with Crippen LogP contribution in [0, 0.1) is 0 Å². The molecule has 118 valence electrons. The van der Waals surface area contributed by atoms with Crippen LogP contribution in [0.15, 0.2) is 57.9 Å². The molecule has 0 fully saturated rings. The minimum atomic E-state index is -3.40. The van der Waals surface area contributed by atoms with E-state index in [4.69, 9.17) is 0 Å². The molecule has 0 unspecified atom stereocenters. The molecule has 22 heavy (non-hydrogen) atoms. The highest BCUT2D eigenvalue weighted by Crippen LogP contribution is 2.22. The van der Waals surface area contributed by atoms with E-state index in [0.717, 1.165) is 15.8 Å². The van der Waals surface area contributed by atoms with Crippen LogP contribution in [0.2, 0.25) is 0 Å². The standard InChI is InChI=1S/C16H19BrN2O2S/c1-3-19(4-2)22(20,21)16-11-9-15(10-12-16)18-14-7-5-13(17)6-8-14/h5-12,18H,3-4H2,1-2H3. The Bertz CT molecular complexity index is 709. The average Bonchev–Trinajstić information content (AvgIpc) is 2.51. The Kier molecular flexibility index (Phi) is 5.61. The van der Waals surface area contributed by atoms with E-state index in [2.05, 4.69) is 21.2 Å². The molecule has 2 rings (SSSR count). The van der Waals surface area contributed by atoms with Crippen molar-refractivity contribution in [2.45, 2.75) is 18.7 Å². The first-order valence-corrected chi connectivity index (χ1v) is 9.33. The van der Waals surface area contributed by atoms with Gasteiger partial charge in [0.05, 0.1) is 4.90 Å². The van der Waals surface area contributed by atoms with Gasteiger partial charge in [0.2, 0.25) is 10.0 Å². The molecule has 0 spiro atoms. The van der Waals surface area contributed by atoms with Gasteiger partial charge in [-0.2, -0.15) is 4.31 Å². The maximum atomic E-state index is 12.4. The molecular formula is C16H19BrN2O2S. The third-order valence-corrected chi connectivity index (χ3v) is 5.92. The van der Waals surface area contributed by atoms with Crippen molar-refractivity contribution in [1.29, 1.82) is 0 Å². The zero-order chi connectivity index (χ0) is 16.2. The lowest BCUT2D eigenvalue weighted by atomic mass is 10.3. The number of halogens is 1. The number of hydrogen-bond donors (Lipinski definition) is 1. The van der Waals surface area contributed by atoms with E-state index in [1.165, 1.54) is 4.31 Å². The number of sulfonamides is 1. The topological polar surface area (TPSA) is 49.4 Å². The Morgan fingerprint density at radius 1 is 0.909 bits per heavy atom. The third kappa shape index (κ3) is 3.88. The van der Waals surface area contributed by atoms with Gasteiger partial charge in [-0.15, -0.1) is 0 Å². The Hall–Kier alpha value is -1.37. The summed E-state index contributed by atoms with van der Waals surface area (Å²) in [6, 6.07) is 14.6. The van der Waals surface area contributed by atoms with Crippen LogP contribution >= 0.6 is 15.9 Å². The fourth-order valence-electron chi connectivity index (χ4n) is 2.12. The summed E-state index contributed by atoms with van der Waals surface area (Å²) >= 11 is 3.39. The van der Waals surface area contributed by atoms with Gasteiger partial charge in [-0.05, 0) is 48.5 Å². The molecule has 2 aromatic rings. The zero-order valence-corrected chi connectivity index (χ0v) is 15.0. The smallest absolute Gasteiger partial charge is 0.243 e. The Balaban J connectivity index is 2.18. The first-order valence-electron chi connectivity index (χ1n) is 7.10. The van der Waals surface area contributed by atoms with Crippen molar-refractivity contribution in [3.8, 4) is 0 Å². The second kappa shape index (κ2) is 7.26. The molecule has 0 atom stereocenters. The Morgan fingerprint density at radius 2 is 1.36 bits per heavy atom. The van der Waals surface area contributed by atoms with Crippen molar-refractivity contribution >= 4 is 37.3 Å². The van der Waals surface area contributed by atoms with E-state index in [-0.39, 0.29) is 0 Å². The van der Waals surface area contributed by atoms with Crippen molar-refractivity contribution in [2.24, 2.45) is 0 Å². The van der Waals surface area contributed by atoms with Crippen LogP contribution in [-0.4, -0.2) is 25.8 Å². The van der Waals surface area contributed by atoms with Crippen molar-refractivity contribution < 1.29 is 8.42 Å². The van der Waals surface area contributed by atoms with Crippen LogP contribution < -0.4 is 5.32 Å². The molecule has 0 saturated carbocycles. The van der Waals surface area contributed by atoms with Gasteiger partial charge >= 0.3 is 0 Å². The second-order valence-corrected chi connectivity index (χ2v) is 7.60. The van der Waals surface area contributed by atoms with Crippen LogP contribution in [0.3, 0.4) is 0 Å². The summed E-state index contributed by atoms with van der Waals surface area (Å²) in [6.45, 7) is 4.62. The minimum Gasteiger partial charge on any atom is -0.356 e. The van der Waals surface area contributed by atoms with E-state index in [9.17, 15) is 8.42 Å². The molecule has 0 radical (unpaired) electrons. The van der Waals surface area contributed by atoms with Crippen LogP contribution in [0.25, 0.3) is 0 Å². The molecule has 1 N–H and O–H groups in total. The summed E-state index contributed by atoms with van der Waals surface area (Å²) in [4.78, 5) is 0.317. The molecule has 0 bridgehead atoms. The predicted octanol–water partition coefficient (Wildman–Crippen LogP) is 4.22. The highest BCUT2D eigenvalue weighted by Gasteiger charge is 2.21. The van der Waals surface area contributed by atoms with Gasteiger partial charge in [-0.3, -0.25) is 0 Å². The minimum absolute atomic E-state index is 0.317. The number of hydrogen-bond acceptors (Lipinski definition) is 3. The van der Waals surface area contributed by atoms with Gasteiger partial charge in [0.15, 0.2) is 0 Å². The number of anilines is 2. The summed E-state index contributed by atoms with van der Waals surface area (Å²) < 4.78 is 27.3. The Labute approximate surface area is 140 Å². The van der Waals surface area contributed by atoms with Gasteiger partial charge < -0.3 is 5.32 Å². The SMILES string of the molecule is CCN(CC)S(=O)(=O)c1ccc(Nc2ccc(Br)cc2)cc1. The van der Waals surface area contributed by atoms with Crippen LogP contribution in [0.1, 0.15) is 13.8 Å². The average molecular weight is 383 g/mol. The van der Waals surface area contributed by atoms with Crippen molar-refractivity contribution in [3.05, 3.63) is 53.0 Å². The van der Waals surface area contributed by atoms with E-state index in [1.807, 2.05) is 38.1 Å². The summed E-state index contributed by atoms with van der Waals surface area (Å²) in [6.07, 6.45) is 0. The highest BCUT2D eigenvalue weighted by atomic mass is 79.9. The summed E-state index contributed by atoms with van der Waals surface area (Å²) in [5.74, 6) is 0. The molecule has 0 aliphatic heterocycles. The van der Waals surface area contributed by atoms with E-state index in [0.29, 0.717) is 18.0 Å².